The van der Waals surface area contributed by atoms with Crippen LogP contribution in [0.25, 0.3) is 5.82 Å². The maximum Gasteiger partial charge on any atom is 0.279 e. The van der Waals surface area contributed by atoms with Crippen molar-refractivity contribution in [2.75, 3.05) is 13.1 Å². The largest absolute Gasteiger partial charge is 0.279 e. The summed E-state index contributed by atoms with van der Waals surface area (Å²) in [5.41, 5.74) is 2.73. The molecule has 2 aromatic heterocycles. The number of hydrogen-bond donors (Lipinski definition) is 1. The summed E-state index contributed by atoms with van der Waals surface area (Å²) in [7, 11) is -3.45. The van der Waals surface area contributed by atoms with Crippen LogP contribution in [-0.2, 0) is 16.8 Å². The van der Waals surface area contributed by atoms with E-state index in [-0.39, 0.29) is 6.54 Å². The summed E-state index contributed by atoms with van der Waals surface area (Å²) in [6, 6.07) is 5.66. The summed E-state index contributed by atoms with van der Waals surface area (Å²) in [6.45, 7) is 8.62. The van der Waals surface area contributed by atoms with E-state index in [4.69, 9.17) is 0 Å². The predicted octanol–water partition coefficient (Wildman–Crippen LogP) is 1.56. The zero-order chi connectivity index (χ0) is 17.0. The molecule has 8 heteroatoms. The van der Waals surface area contributed by atoms with Gasteiger partial charge in [-0.15, -0.1) is 0 Å². The number of aryl methyl sites for hydroxylation is 2. The van der Waals surface area contributed by atoms with Crippen LogP contribution in [-0.4, -0.2) is 40.6 Å². The van der Waals surface area contributed by atoms with Crippen molar-refractivity contribution in [2.45, 2.75) is 34.2 Å². The topological polar surface area (TPSA) is 80.1 Å². The molecule has 2 aromatic rings. The summed E-state index contributed by atoms with van der Waals surface area (Å²) < 4.78 is 29.9. The maximum atomic E-state index is 12.1. The lowest BCUT2D eigenvalue weighted by Gasteiger charge is -2.18. The standard InChI is InChI=1S/C15H23N5O2S/c1-5-19(6-2)23(21,22)17-11-14-7-8-15(16-10-14)20-13(4)9-12(3)18-20/h7-10,17H,5-6,11H2,1-4H3. The highest BCUT2D eigenvalue weighted by Crippen LogP contribution is 2.10. The first-order chi connectivity index (χ1) is 10.9. The molecule has 0 fully saturated rings. The van der Waals surface area contributed by atoms with Crippen LogP contribution in [0.4, 0.5) is 0 Å². The molecular formula is C15H23N5O2S. The minimum absolute atomic E-state index is 0.212. The zero-order valence-corrected chi connectivity index (χ0v) is 14.8. The van der Waals surface area contributed by atoms with E-state index in [0.717, 1.165) is 17.0 Å². The fraction of sp³-hybridized carbons (Fsp3) is 0.467. The van der Waals surface area contributed by atoms with E-state index < -0.39 is 10.2 Å². The molecule has 0 atom stereocenters. The van der Waals surface area contributed by atoms with Gasteiger partial charge in [-0.1, -0.05) is 19.9 Å². The molecule has 0 aliphatic rings. The monoisotopic (exact) mass is 337 g/mol. The van der Waals surface area contributed by atoms with Gasteiger partial charge in [-0.3, -0.25) is 0 Å². The van der Waals surface area contributed by atoms with Crippen LogP contribution >= 0.6 is 0 Å². The Hall–Kier alpha value is -1.77. The first kappa shape index (κ1) is 17.6. The molecule has 0 aliphatic carbocycles. The molecular weight excluding hydrogens is 314 g/mol. The van der Waals surface area contributed by atoms with Gasteiger partial charge in [-0.2, -0.15) is 22.5 Å². The Balaban J connectivity index is 2.08. The van der Waals surface area contributed by atoms with Crippen molar-refractivity contribution in [3.63, 3.8) is 0 Å². The Morgan fingerprint density at radius 3 is 2.39 bits per heavy atom. The number of aromatic nitrogens is 3. The van der Waals surface area contributed by atoms with Crippen molar-refractivity contribution in [3.8, 4) is 5.82 Å². The van der Waals surface area contributed by atoms with Crippen LogP contribution in [0.1, 0.15) is 30.8 Å². The fourth-order valence-corrected chi connectivity index (χ4v) is 3.55. The lowest BCUT2D eigenvalue weighted by Crippen LogP contribution is -2.40. The third-order valence-electron chi connectivity index (χ3n) is 3.54. The second kappa shape index (κ2) is 7.20. The van der Waals surface area contributed by atoms with Gasteiger partial charge in [0.05, 0.1) is 5.69 Å². The van der Waals surface area contributed by atoms with E-state index in [1.54, 1.807) is 10.9 Å². The lowest BCUT2D eigenvalue weighted by molar-refractivity contribution is 0.434. The molecule has 0 unspecified atom stereocenters. The molecule has 0 saturated carbocycles. The third kappa shape index (κ3) is 4.15. The van der Waals surface area contributed by atoms with E-state index in [9.17, 15) is 8.42 Å². The highest BCUT2D eigenvalue weighted by atomic mass is 32.2. The Morgan fingerprint density at radius 1 is 1.22 bits per heavy atom. The SMILES string of the molecule is CCN(CC)S(=O)(=O)NCc1ccc(-n2nc(C)cc2C)nc1. The smallest absolute Gasteiger partial charge is 0.237 e. The second-order valence-corrected chi connectivity index (χ2v) is 7.03. The van der Waals surface area contributed by atoms with Crippen LogP contribution in [0.15, 0.2) is 24.4 Å². The Kier molecular flexibility index (Phi) is 5.51. The van der Waals surface area contributed by atoms with Crippen molar-refractivity contribution in [1.29, 1.82) is 0 Å². The molecule has 0 saturated heterocycles. The number of hydrogen-bond acceptors (Lipinski definition) is 4. The summed E-state index contributed by atoms with van der Waals surface area (Å²) in [6.07, 6.45) is 1.66. The van der Waals surface area contributed by atoms with Crippen molar-refractivity contribution < 1.29 is 8.42 Å². The van der Waals surface area contributed by atoms with Gasteiger partial charge in [0.15, 0.2) is 5.82 Å². The highest BCUT2D eigenvalue weighted by molar-refractivity contribution is 7.87. The minimum atomic E-state index is -3.45. The van der Waals surface area contributed by atoms with Gasteiger partial charge in [0, 0.05) is 31.5 Å². The van der Waals surface area contributed by atoms with E-state index in [0.29, 0.717) is 18.9 Å². The molecule has 0 spiro atoms. The summed E-state index contributed by atoms with van der Waals surface area (Å²) in [5.74, 6) is 0.714. The zero-order valence-electron chi connectivity index (χ0n) is 13.9. The number of nitrogens with one attached hydrogen (secondary N) is 1. The first-order valence-electron chi connectivity index (χ1n) is 7.60. The summed E-state index contributed by atoms with van der Waals surface area (Å²) in [4.78, 5) is 4.36. The number of pyridine rings is 1. The summed E-state index contributed by atoms with van der Waals surface area (Å²) >= 11 is 0. The fourth-order valence-electron chi connectivity index (χ4n) is 2.34. The van der Waals surface area contributed by atoms with Crippen LogP contribution in [0.3, 0.4) is 0 Å². The van der Waals surface area contributed by atoms with Crippen molar-refractivity contribution in [3.05, 3.63) is 41.3 Å². The van der Waals surface area contributed by atoms with E-state index >= 15 is 0 Å². The van der Waals surface area contributed by atoms with Gasteiger partial charge in [-0.25, -0.2) is 9.67 Å². The first-order valence-corrected chi connectivity index (χ1v) is 9.04. The van der Waals surface area contributed by atoms with Crippen molar-refractivity contribution >= 4 is 10.2 Å². The van der Waals surface area contributed by atoms with Crippen LogP contribution in [0, 0.1) is 13.8 Å². The average Bonchev–Trinajstić information content (AvgIpc) is 2.85. The maximum absolute atomic E-state index is 12.1. The predicted molar refractivity (Wildman–Crippen MR) is 89.5 cm³/mol. The molecule has 2 heterocycles. The molecule has 0 aliphatic heterocycles. The number of nitrogens with zero attached hydrogens (tertiary/aromatic N) is 4. The molecule has 1 N–H and O–H groups in total. The Bertz CT molecular complexity index is 749. The molecule has 0 aromatic carbocycles. The molecule has 126 valence electrons. The lowest BCUT2D eigenvalue weighted by atomic mass is 10.3. The van der Waals surface area contributed by atoms with Gasteiger partial charge < -0.3 is 0 Å². The highest BCUT2D eigenvalue weighted by Gasteiger charge is 2.17. The van der Waals surface area contributed by atoms with Gasteiger partial charge in [0.1, 0.15) is 0 Å². The molecule has 0 amide bonds. The third-order valence-corrected chi connectivity index (χ3v) is 5.25. The normalized spacial score (nSPS) is 12.0. The molecule has 7 nitrogen and oxygen atoms in total. The minimum Gasteiger partial charge on any atom is -0.237 e. The van der Waals surface area contributed by atoms with Crippen LogP contribution < -0.4 is 4.72 Å². The van der Waals surface area contributed by atoms with E-state index in [2.05, 4.69) is 14.8 Å². The molecule has 23 heavy (non-hydrogen) atoms. The van der Waals surface area contributed by atoms with Crippen LogP contribution in [0.2, 0.25) is 0 Å². The Morgan fingerprint density at radius 2 is 1.91 bits per heavy atom. The van der Waals surface area contributed by atoms with E-state index in [1.165, 1.54) is 4.31 Å². The van der Waals surface area contributed by atoms with Crippen molar-refractivity contribution in [1.82, 2.24) is 23.8 Å². The van der Waals surface area contributed by atoms with Gasteiger partial charge >= 0.3 is 0 Å². The van der Waals surface area contributed by atoms with Crippen molar-refractivity contribution in [2.24, 2.45) is 0 Å². The Labute approximate surface area is 137 Å². The molecule has 0 radical (unpaired) electrons. The van der Waals surface area contributed by atoms with Gasteiger partial charge in [0.2, 0.25) is 0 Å². The quantitative estimate of drug-likeness (QED) is 0.831. The average molecular weight is 337 g/mol. The van der Waals surface area contributed by atoms with Crippen LogP contribution in [0.5, 0.6) is 0 Å². The summed E-state index contributed by atoms with van der Waals surface area (Å²) in [5, 5.41) is 4.38. The van der Waals surface area contributed by atoms with Gasteiger partial charge in [-0.05, 0) is 31.5 Å². The molecule has 0 bridgehead atoms. The second-order valence-electron chi connectivity index (χ2n) is 5.27. The van der Waals surface area contributed by atoms with E-state index in [1.807, 2.05) is 45.9 Å². The number of rotatable bonds is 7. The van der Waals surface area contributed by atoms with Gasteiger partial charge in [0.25, 0.3) is 10.2 Å². The molecule has 2 rings (SSSR count).